The number of methoxy groups -OCH3 is 1. The first-order valence-electron chi connectivity index (χ1n) is 12.4. The molecule has 3 aromatic rings. The summed E-state index contributed by atoms with van der Waals surface area (Å²) in [5.41, 5.74) is 0.558. The monoisotopic (exact) mass is 558 g/mol. The summed E-state index contributed by atoms with van der Waals surface area (Å²) in [4.78, 5) is 22.1. The highest BCUT2D eigenvalue weighted by Gasteiger charge is 2.29. The summed E-state index contributed by atoms with van der Waals surface area (Å²) in [5.74, 6) is 0.247. The minimum Gasteiger partial charge on any atom is -0.491 e. The van der Waals surface area contributed by atoms with Gasteiger partial charge in [0.2, 0.25) is 0 Å². The van der Waals surface area contributed by atoms with E-state index < -0.39 is 10.0 Å². The quantitative estimate of drug-likeness (QED) is 0.489. The maximum absolute atomic E-state index is 13.6. The Balaban J connectivity index is 1.65. The summed E-state index contributed by atoms with van der Waals surface area (Å²) in [5, 5.41) is 2.99. The second-order valence-corrected chi connectivity index (χ2v) is 12.2. The van der Waals surface area contributed by atoms with Gasteiger partial charge in [0.05, 0.1) is 23.1 Å². The number of likely N-dealkylation sites (N-methyl/N-ethyl adjacent to an activating group) is 1. The van der Waals surface area contributed by atoms with Crippen molar-refractivity contribution in [3.8, 4) is 5.75 Å². The van der Waals surface area contributed by atoms with Gasteiger partial charge in [-0.25, -0.2) is 13.4 Å². The topological polar surface area (TPSA) is 101 Å². The van der Waals surface area contributed by atoms with E-state index in [0.717, 1.165) is 11.6 Å². The number of thiazole rings is 1. The molecule has 0 bridgehead atoms. The highest BCUT2D eigenvalue weighted by molar-refractivity contribution is 7.92. The maximum atomic E-state index is 13.6. The van der Waals surface area contributed by atoms with Crippen LogP contribution in [0.1, 0.15) is 29.2 Å². The second-order valence-electron chi connectivity index (χ2n) is 9.58. The molecule has 9 nitrogen and oxygen atoms in total. The minimum absolute atomic E-state index is 0.0234. The van der Waals surface area contributed by atoms with Gasteiger partial charge in [-0.3, -0.25) is 14.4 Å². The van der Waals surface area contributed by atoms with Gasteiger partial charge in [-0.1, -0.05) is 25.1 Å². The van der Waals surface area contributed by atoms with E-state index in [1.807, 2.05) is 5.38 Å². The number of amides is 1. The lowest BCUT2D eigenvalue weighted by Gasteiger charge is -2.35. The van der Waals surface area contributed by atoms with Crippen LogP contribution in [0.3, 0.4) is 0 Å². The Morgan fingerprint density at radius 2 is 1.92 bits per heavy atom. The van der Waals surface area contributed by atoms with Gasteiger partial charge in [-0.2, -0.15) is 0 Å². The number of carbonyl (C=O) groups excluding carboxylic acids is 1. The molecule has 1 N–H and O–H groups in total. The van der Waals surface area contributed by atoms with Crippen LogP contribution in [0, 0.1) is 5.92 Å². The largest absolute Gasteiger partial charge is 0.491 e. The van der Waals surface area contributed by atoms with Crippen LogP contribution < -0.4 is 9.46 Å². The summed E-state index contributed by atoms with van der Waals surface area (Å²) >= 11 is 1.62. The lowest BCUT2D eigenvalue weighted by atomic mass is 10.0. The van der Waals surface area contributed by atoms with Crippen LogP contribution in [0.15, 0.2) is 65.0 Å². The Hall–Kier alpha value is -2.99. The summed E-state index contributed by atoms with van der Waals surface area (Å²) in [6.45, 7) is 6.35. The van der Waals surface area contributed by atoms with E-state index in [1.165, 1.54) is 18.2 Å². The van der Waals surface area contributed by atoms with Crippen LogP contribution in [0.25, 0.3) is 0 Å². The molecule has 0 saturated heterocycles. The average Bonchev–Trinajstić information content (AvgIpc) is 3.42. The van der Waals surface area contributed by atoms with Crippen molar-refractivity contribution in [1.29, 1.82) is 0 Å². The molecule has 38 heavy (non-hydrogen) atoms. The molecule has 4 rings (SSSR count). The molecule has 0 fully saturated rings. The Morgan fingerprint density at radius 1 is 1.16 bits per heavy atom. The van der Waals surface area contributed by atoms with Crippen LogP contribution in [0.2, 0.25) is 0 Å². The lowest BCUT2D eigenvalue weighted by molar-refractivity contribution is 0.00921. The minimum atomic E-state index is -3.82. The molecule has 0 unspecified atom stereocenters. The molecule has 0 aliphatic carbocycles. The second kappa shape index (κ2) is 12.2. The number of rotatable bonds is 6. The number of nitrogens with zero attached hydrogens (tertiary/aromatic N) is 3. The van der Waals surface area contributed by atoms with Crippen molar-refractivity contribution in [2.24, 2.45) is 5.92 Å². The van der Waals surface area contributed by atoms with Crippen molar-refractivity contribution >= 4 is 33.0 Å². The van der Waals surface area contributed by atoms with Crippen molar-refractivity contribution in [2.45, 2.75) is 37.4 Å². The number of hydrogen-bond donors (Lipinski definition) is 1. The normalized spacial score (nSPS) is 21.6. The molecule has 204 valence electrons. The van der Waals surface area contributed by atoms with Gasteiger partial charge in [-0.05, 0) is 43.2 Å². The first-order valence-corrected chi connectivity index (χ1v) is 14.8. The van der Waals surface area contributed by atoms with Crippen molar-refractivity contribution in [3.05, 3.63) is 70.7 Å². The van der Waals surface area contributed by atoms with E-state index >= 15 is 0 Å². The molecule has 1 aliphatic heterocycles. The first-order chi connectivity index (χ1) is 18.2. The maximum Gasteiger partial charge on any atom is 0.261 e. The number of aromatic nitrogens is 1. The number of nitrogens with one attached hydrogen (secondary N) is 1. The molecule has 3 atom stereocenters. The zero-order valence-corrected chi connectivity index (χ0v) is 23.7. The Bertz CT molecular complexity index is 1320. The highest BCUT2D eigenvalue weighted by Crippen LogP contribution is 2.28. The molecule has 1 amide bonds. The van der Waals surface area contributed by atoms with Crippen molar-refractivity contribution < 1.29 is 22.7 Å². The van der Waals surface area contributed by atoms with Crippen LogP contribution >= 0.6 is 11.3 Å². The van der Waals surface area contributed by atoms with E-state index in [-0.39, 0.29) is 40.1 Å². The summed E-state index contributed by atoms with van der Waals surface area (Å²) < 4.78 is 40.4. The molecule has 1 aromatic heterocycles. The van der Waals surface area contributed by atoms with Crippen LogP contribution in [0.5, 0.6) is 5.75 Å². The molecule has 11 heteroatoms. The third-order valence-electron chi connectivity index (χ3n) is 6.70. The standard InChI is InChI=1S/C27H34N4O5S2/c1-19-15-31(17-26-28-12-13-37-26)20(2)18-36-24-11-10-21(29-38(33,34)22-8-6-5-7-9-22)14-23(24)27(32)30(3)16-25(19)35-4/h5-14,19-20,25,29H,15-18H2,1-4H3/t19-,20+,25-/m1/s1. The predicted octanol–water partition coefficient (Wildman–Crippen LogP) is 3.95. The number of ether oxygens (including phenoxy) is 2. The van der Waals surface area contributed by atoms with Gasteiger partial charge in [0.15, 0.2) is 0 Å². The molecule has 2 aromatic carbocycles. The van der Waals surface area contributed by atoms with Crippen molar-refractivity contribution in [3.63, 3.8) is 0 Å². The van der Waals surface area contributed by atoms with Gasteiger partial charge in [0.1, 0.15) is 17.4 Å². The third-order valence-corrected chi connectivity index (χ3v) is 8.86. The molecular formula is C27H34N4O5S2. The van der Waals surface area contributed by atoms with E-state index in [9.17, 15) is 13.2 Å². The Labute approximate surface area is 228 Å². The molecule has 0 radical (unpaired) electrons. The third kappa shape index (κ3) is 6.71. The van der Waals surface area contributed by atoms with Gasteiger partial charge in [0.25, 0.3) is 15.9 Å². The van der Waals surface area contributed by atoms with Crippen LogP contribution in [-0.4, -0.2) is 75.1 Å². The predicted molar refractivity (Wildman–Crippen MR) is 148 cm³/mol. The lowest BCUT2D eigenvalue weighted by Crippen LogP contribution is -2.46. The Morgan fingerprint density at radius 3 is 2.61 bits per heavy atom. The number of sulfonamides is 1. The fourth-order valence-corrected chi connectivity index (χ4v) is 6.17. The van der Waals surface area contributed by atoms with E-state index in [4.69, 9.17) is 9.47 Å². The zero-order valence-electron chi connectivity index (χ0n) is 22.0. The van der Waals surface area contributed by atoms with Gasteiger partial charge >= 0.3 is 0 Å². The fourth-order valence-electron chi connectivity index (χ4n) is 4.45. The van der Waals surface area contributed by atoms with Gasteiger partial charge in [-0.15, -0.1) is 11.3 Å². The summed E-state index contributed by atoms with van der Waals surface area (Å²) in [6, 6.07) is 12.9. The molecule has 0 spiro atoms. The molecule has 2 heterocycles. The molecular weight excluding hydrogens is 524 g/mol. The Kier molecular flexibility index (Phi) is 9.03. The van der Waals surface area contributed by atoms with Gasteiger partial charge in [0, 0.05) is 50.6 Å². The number of benzene rings is 2. The smallest absolute Gasteiger partial charge is 0.261 e. The van der Waals surface area contributed by atoms with E-state index in [0.29, 0.717) is 25.4 Å². The van der Waals surface area contributed by atoms with Gasteiger partial charge < -0.3 is 14.4 Å². The number of carbonyl (C=O) groups is 1. The van der Waals surface area contributed by atoms with Crippen LogP contribution in [0.4, 0.5) is 5.69 Å². The van der Waals surface area contributed by atoms with Crippen molar-refractivity contribution in [1.82, 2.24) is 14.8 Å². The number of anilines is 1. The summed E-state index contributed by atoms with van der Waals surface area (Å²) in [7, 11) is -0.443. The molecule has 1 aliphatic rings. The first kappa shape index (κ1) is 28.0. The fraction of sp³-hybridized carbons (Fsp3) is 0.407. The van der Waals surface area contributed by atoms with Crippen LogP contribution in [-0.2, 0) is 21.3 Å². The van der Waals surface area contributed by atoms with Crippen molar-refractivity contribution in [2.75, 3.05) is 38.6 Å². The number of hydrogen-bond acceptors (Lipinski definition) is 8. The SMILES string of the molecule is CO[C@@H]1CN(C)C(=O)c2cc(NS(=O)(=O)c3ccccc3)ccc2OC[C@H](C)N(Cc2nccs2)C[C@H]1C. The average molecular weight is 559 g/mol. The number of fused-ring (bicyclic) bond motifs is 1. The molecule has 0 saturated carbocycles. The van der Waals surface area contributed by atoms with E-state index in [1.54, 1.807) is 66.9 Å². The summed E-state index contributed by atoms with van der Waals surface area (Å²) in [6.07, 6.45) is 1.61. The van der Waals surface area contributed by atoms with E-state index in [2.05, 4.69) is 28.5 Å². The highest BCUT2D eigenvalue weighted by atomic mass is 32.2. The zero-order chi connectivity index (χ0) is 27.3.